The molecular formula is C7H7BrF2N2. The molecule has 2 nitrogen and oxygen atoms in total. The van der Waals surface area contributed by atoms with Crippen LogP contribution in [-0.4, -0.2) is 15.7 Å². The van der Waals surface area contributed by atoms with Gasteiger partial charge in [0.25, 0.3) is 5.92 Å². The van der Waals surface area contributed by atoms with Crippen LogP contribution in [0.15, 0.2) is 10.7 Å². The van der Waals surface area contributed by atoms with Crippen molar-refractivity contribution < 1.29 is 8.78 Å². The molecule has 1 aromatic rings. The zero-order valence-electron chi connectivity index (χ0n) is 6.39. The molecule has 5 heteroatoms. The molecule has 1 heterocycles. The van der Waals surface area contributed by atoms with E-state index in [2.05, 4.69) is 21.0 Å². The Bertz CT molecular complexity index is 321. The second kappa shape index (κ2) is 2.28. The van der Waals surface area contributed by atoms with Gasteiger partial charge in [0.1, 0.15) is 6.04 Å². The van der Waals surface area contributed by atoms with Gasteiger partial charge in [0.15, 0.2) is 0 Å². The van der Waals surface area contributed by atoms with E-state index in [0.29, 0.717) is 0 Å². The number of aromatic nitrogens is 2. The first-order valence-corrected chi connectivity index (χ1v) is 4.39. The SMILES string of the molecule is Cc1c(Br)cnn1[C@@H]1CC1(F)F. The van der Waals surface area contributed by atoms with Crippen LogP contribution >= 0.6 is 15.9 Å². The van der Waals surface area contributed by atoms with Crippen LogP contribution in [0.5, 0.6) is 0 Å². The van der Waals surface area contributed by atoms with Crippen molar-refractivity contribution in [2.75, 3.05) is 0 Å². The van der Waals surface area contributed by atoms with Crippen molar-refractivity contribution in [2.45, 2.75) is 25.3 Å². The molecule has 1 aliphatic rings. The third-order valence-corrected chi connectivity index (χ3v) is 2.85. The topological polar surface area (TPSA) is 17.8 Å². The average molecular weight is 237 g/mol. The first-order chi connectivity index (χ1) is 5.52. The van der Waals surface area contributed by atoms with Gasteiger partial charge in [0.05, 0.1) is 16.4 Å². The highest BCUT2D eigenvalue weighted by atomic mass is 79.9. The predicted octanol–water partition coefficient (Wildman–Crippen LogP) is 2.53. The van der Waals surface area contributed by atoms with Gasteiger partial charge in [0, 0.05) is 6.42 Å². The molecule has 2 rings (SSSR count). The van der Waals surface area contributed by atoms with Crippen molar-refractivity contribution in [1.29, 1.82) is 0 Å². The Hall–Kier alpha value is -0.450. The van der Waals surface area contributed by atoms with Crippen molar-refractivity contribution in [2.24, 2.45) is 0 Å². The third kappa shape index (κ3) is 1.07. The molecule has 0 bridgehead atoms. The molecule has 1 fully saturated rings. The normalized spacial score (nSPS) is 25.8. The number of alkyl halides is 2. The second-order valence-electron chi connectivity index (χ2n) is 3.00. The molecule has 0 aromatic carbocycles. The molecule has 1 aromatic heterocycles. The van der Waals surface area contributed by atoms with E-state index in [1.165, 1.54) is 4.68 Å². The number of hydrogen-bond donors (Lipinski definition) is 0. The summed E-state index contributed by atoms with van der Waals surface area (Å²) in [5.74, 6) is -2.55. The molecule has 0 spiro atoms. The van der Waals surface area contributed by atoms with Crippen molar-refractivity contribution in [3.63, 3.8) is 0 Å². The van der Waals surface area contributed by atoms with Crippen LogP contribution < -0.4 is 0 Å². The van der Waals surface area contributed by atoms with Crippen LogP contribution in [0.2, 0.25) is 0 Å². The van der Waals surface area contributed by atoms with Gasteiger partial charge in [-0.3, -0.25) is 4.68 Å². The van der Waals surface area contributed by atoms with Crippen LogP contribution in [0, 0.1) is 6.92 Å². The Morgan fingerprint density at radius 2 is 2.33 bits per heavy atom. The Morgan fingerprint density at radius 1 is 1.75 bits per heavy atom. The summed E-state index contributed by atoms with van der Waals surface area (Å²) in [6.45, 7) is 1.77. The van der Waals surface area contributed by atoms with Crippen LogP contribution in [-0.2, 0) is 0 Å². The average Bonchev–Trinajstić information content (AvgIpc) is 2.47. The van der Waals surface area contributed by atoms with Crippen molar-refractivity contribution >= 4 is 15.9 Å². The molecule has 0 radical (unpaired) electrons. The second-order valence-corrected chi connectivity index (χ2v) is 3.86. The molecule has 1 atom stereocenters. The molecule has 0 saturated heterocycles. The maximum absolute atomic E-state index is 12.6. The molecule has 0 unspecified atom stereocenters. The minimum Gasteiger partial charge on any atom is -0.259 e. The van der Waals surface area contributed by atoms with Crippen LogP contribution in [0.4, 0.5) is 8.78 Å². The maximum Gasteiger partial charge on any atom is 0.272 e. The van der Waals surface area contributed by atoms with Gasteiger partial charge in [-0.2, -0.15) is 5.10 Å². The lowest BCUT2D eigenvalue weighted by atomic mass is 10.5. The largest absolute Gasteiger partial charge is 0.272 e. The van der Waals surface area contributed by atoms with E-state index >= 15 is 0 Å². The molecule has 1 aliphatic carbocycles. The molecule has 1 saturated carbocycles. The monoisotopic (exact) mass is 236 g/mol. The molecular weight excluding hydrogens is 230 g/mol. The van der Waals surface area contributed by atoms with Crippen molar-refractivity contribution in [1.82, 2.24) is 9.78 Å². The summed E-state index contributed by atoms with van der Waals surface area (Å²) in [5, 5.41) is 3.86. The number of halogens is 3. The Labute approximate surface area is 76.7 Å². The summed E-state index contributed by atoms with van der Waals surface area (Å²) in [6.07, 6.45) is 1.46. The molecule has 0 amide bonds. The minimum absolute atomic E-state index is 0.0814. The minimum atomic E-state index is -2.55. The van der Waals surface area contributed by atoms with E-state index in [9.17, 15) is 8.78 Å². The lowest BCUT2D eigenvalue weighted by Crippen LogP contribution is -2.05. The highest BCUT2D eigenvalue weighted by Gasteiger charge is 2.59. The number of nitrogens with zero attached hydrogens (tertiary/aromatic N) is 2. The Morgan fingerprint density at radius 3 is 2.67 bits per heavy atom. The fourth-order valence-corrected chi connectivity index (χ4v) is 1.45. The number of hydrogen-bond acceptors (Lipinski definition) is 1. The van der Waals surface area contributed by atoms with Crippen LogP contribution in [0.3, 0.4) is 0 Å². The zero-order valence-corrected chi connectivity index (χ0v) is 7.98. The number of rotatable bonds is 1. The molecule has 66 valence electrons. The highest BCUT2D eigenvalue weighted by molar-refractivity contribution is 9.10. The third-order valence-electron chi connectivity index (χ3n) is 2.07. The summed E-state index contributed by atoms with van der Waals surface area (Å²) < 4.78 is 27.4. The van der Waals surface area contributed by atoms with Crippen molar-refractivity contribution in [3.8, 4) is 0 Å². The van der Waals surface area contributed by atoms with Gasteiger partial charge in [0.2, 0.25) is 0 Å². The smallest absolute Gasteiger partial charge is 0.259 e. The van der Waals surface area contributed by atoms with Gasteiger partial charge < -0.3 is 0 Å². The van der Waals surface area contributed by atoms with E-state index in [0.717, 1.165) is 10.2 Å². The maximum atomic E-state index is 12.6. The summed E-state index contributed by atoms with van der Waals surface area (Å²) in [6, 6.07) is -0.719. The molecule has 0 N–H and O–H groups in total. The summed E-state index contributed by atoms with van der Waals surface area (Å²) in [7, 11) is 0. The van der Waals surface area contributed by atoms with Gasteiger partial charge in [-0.05, 0) is 22.9 Å². The van der Waals surface area contributed by atoms with E-state index in [1.54, 1.807) is 13.1 Å². The lowest BCUT2D eigenvalue weighted by molar-refractivity contribution is 0.0979. The highest BCUT2D eigenvalue weighted by Crippen LogP contribution is 2.52. The summed E-state index contributed by atoms with van der Waals surface area (Å²) in [4.78, 5) is 0. The van der Waals surface area contributed by atoms with Gasteiger partial charge in [-0.1, -0.05) is 0 Å². The lowest BCUT2D eigenvalue weighted by Gasteiger charge is -2.01. The first-order valence-electron chi connectivity index (χ1n) is 3.60. The van der Waals surface area contributed by atoms with E-state index in [1.807, 2.05) is 0 Å². The fraction of sp³-hybridized carbons (Fsp3) is 0.571. The first kappa shape index (κ1) is 8.16. The predicted molar refractivity (Wildman–Crippen MR) is 43.3 cm³/mol. The summed E-state index contributed by atoms with van der Waals surface area (Å²) in [5.41, 5.74) is 0.761. The molecule has 12 heavy (non-hydrogen) atoms. The van der Waals surface area contributed by atoms with E-state index in [-0.39, 0.29) is 6.42 Å². The standard InChI is InChI=1S/C7H7BrF2N2/c1-4-5(8)3-11-12(4)6-2-7(6,9)10/h3,6H,2H2,1H3/t6-/m1/s1. The quantitative estimate of drug-likeness (QED) is 0.733. The van der Waals surface area contributed by atoms with Gasteiger partial charge >= 0.3 is 0 Å². The summed E-state index contributed by atoms with van der Waals surface area (Å²) >= 11 is 3.22. The van der Waals surface area contributed by atoms with E-state index in [4.69, 9.17) is 0 Å². The van der Waals surface area contributed by atoms with Crippen molar-refractivity contribution in [3.05, 3.63) is 16.4 Å². The Kier molecular flexibility index (Phi) is 1.55. The fourth-order valence-electron chi connectivity index (χ4n) is 1.18. The van der Waals surface area contributed by atoms with E-state index < -0.39 is 12.0 Å². The van der Waals surface area contributed by atoms with Crippen LogP contribution in [0.25, 0.3) is 0 Å². The molecule has 0 aliphatic heterocycles. The van der Waals surface area contributed by atoms with Gasteiger partial charge in [-0.15, -0.1) is 0 Å². The van der Waals surface area contributed by atoms with Gasteiger partial charge in [-0.25, -0.2) is 8.78 Å². The Balaban J connectivity index is 2.31. The van der Waals surface area contributed by atoms with Crippen LogP contribution in [0.1, 0.15) is 18.2 Å². The zero-order chi connectivity index (χ0) is 8.93.